The molecule has 9 heavy (non-hydrogen) atoms. The summed E-state index contributed by atoms with van der Waals surface area (Å²) in [5.41, 5.74) is -0.400. The van der Waals surface area contributed by atoms with Crippen LogP contribution in [0, 0.1) is 5.92 Å². The fourth-order valence-corrected chi connectivity index (χ4v) is 2.16. The molecule has 0 spiro atoms. The molecular weight excluding hydrogens is 114 g/mol. The lowest BCUT2D eigenvalue weighted by Crippen LogP contribution is -2.45. The topological polar surface area (TPSA) is 32.3 Å². The molecule has 0 aromatic carbocycles. The minimum Gasteiger partial charge on any atom is -0.389 e. The molecule has 2 fully saturated rings. The van der Waals surface area contributed by atoms with Gasteiger partial charge in [0.1, 0.15) is 0 Å². The van der Waals surface area contributed by atoms with Crippen molar-refractivity contribution in [3.05, 3.63) is 0 Å². The normalized spacial score (nSPS) is 56.7. The summed E-state index contributed by atoms with van der Waals surface area (Å²) in [5.74, 6) is 0.755. The summed E-state index contributed by atoms with van der Waals surface area (Å²) in [6, 6.07) is 0.391. The monoisotopic (exact) mass is 127 g/mol. The molecule has 1 heterocycles. The second-order valence-corrected chi connectivity index (χ2v) is 3.62. The van der Waals surface area contributed by atoms with Gasteiger partial charge in [-0.2, -0.15) is 0 Å². The van der Waals surface area contributed by atoms with Gasteiger partial charge in [-0.05, 0) is 32.2 Å². The first-order valence-electron chi connectivity index (χ1n) is 3.64. The summed E-state index contributed by atoms with van der Waals surface area (Å²) in [5, 5.41) is 12.9. The summed E-state index contributed by atoms with van der Waals surface area (Å²) in [4.78, 5) is 0. The van der Waals surface area contributed by atoms with E-state index in [1.165, 1.54) is 6.42 Å². The van der Waals surface area contributed by atoms with Crippen molar-refractivity contribution in [3.8, 4) is 0 Å². The minimum absolute atomic E-state index is 0.391. The predicted molar refractivity (Wildman–Crippen MR) is 35.1 cm³/mol. The largest absolute Gasteiger partial charge is 0.389 e. The van der Waals surface area contributed by atoms with Crippen LogP contribution < -0.4 is 5.32 Å². The van der Waals surface area contributed by atoms with Crippen molar-refractivity contribution >= 4 is 0 Å². The highest BCUT2D eigenvalue weighted by atomic mass is 16.3. The van der Waals surface area contributed by atoms with E-state index in [2.05, 4.69) is 5.32 Å². The average Bonchev–Trinajstić information content (AvgIpc) is 2.19. The van der Waals surface area contributed by atoms with E-state index < -0.39 is 5.60 Å². The molecule has 2 rings (SSSR count). The molecule has 1 saturated heterocycles. The highest BCUT2D eigenvalue weighted by molar-refractivity contribution is 5.03. The maximum atomic E-state index is 9.62. The van der Waals surface area contributed by atoms with Crippen LogP contribution in [0.1, 0.15) is 19.8 Å². The van der Waals surface area contributed by atoms with E-state index in [9.17, 15) is 5.11 Å². The van der Waals surface area contributed by atoms with E-state index in [-0.39, 0.29) is 0 Å². The fourth-order valence-electron chi connectivity index (χ4n) is 2.16. The number of aliphatic hydroxyl groups is 1. The van der Waals surface area contributed by atoms with Gasteiger partial charge in [0.2, 0.25) is 0 Å². The van der Waals surface area contributed by atoms with E-state index in [1.807, 2.05) is 6.92 Å². The third-order valence-corrected chi connectivity index (χ3v) is 2.67. The first kappa shape index (κ1) is 5.69. The SMILES string of the molecule is C[C@@]1(O)C[C@@H]2CN[C@H]1C2. The molecular formula is C7H13NO. The molecule has 2 nitrogen and oxygen atoms in total. The maximum absolute atomic E-state index is 9.62. The molecule has 3 atom stereocenters. The Morgan fingerprint density at radius 1 is 1.67 bits per heavy atom. The molecule has 2 bridgehead atoms. The lowest BCUT2D eigenvalue weighted by atomic mass is 9.97. The molecule has 0 radical (unpaired) electrons. The van der Waals surface area contributed by atoms with E-state index >= 15 is 0 Å². The quantitative estimate of drug-likeness (QED) is 0.484. The van der Waals surface area contributed by atoms with Crippen molar-refractivity contribution in [2.45, 2.75) is 31.4 Å². The fraction of sp³-hybridized carbons (Fsp3) is 1.00. The molecule has 52 valence electrons. The second-order valence-electron chi connectivity index (χ2n) is 3.62. The van der Waals surface area contributed by atoms with Gasteiger partial charge in [0.05, 0.1) is 5.60 Å². The lowest BCUT2D eigenvalue weighted by molar-refractivity contribution is 0.0258. The summed E-state index contributed by atoms with van der Waals surface area (Å²) in [6.45, 7) is 3.06. The molecule has 1 aliphatic carbocycles. The van der Waals surface area contributed by atoms with Crippen LogP contribution in [0.5, 0.6) is 0 Å². The van der Waals surface area contributed by atoms with E-state index in [0.29, 0.717) is 6.04 Å². The molecule has 0 aromatic rings. The zero-order valence-electron chi connectivity index (χ0n) is 5.72. The Morgan fingerprint density at radius 3 is 2.67 bits per heavy atom. The van der Waals surface area contributed by atoms with Crippen LogP contribution in [-0.4, -0.2) is 23.3 Å². The van der Waals surface area contributed by atoms with Crippen LogP contribution in [0.2, 0.25) is 0 Å². The van der Waals surface area contributed by atoms with Gasteiger partial charge in [-0.25, -0.2) is 0 Å². The Hall–Kier alpha value is -0.0800. The highest BCUT2D eigenvalue weighted by Crippen LogP contribution is 2.38. The van der Waals surface area contributed by atoms with Crippen LogP contribution in [0.25, 0.3) is 0 Å². The Bertz CT molecular complexity index is 133. The van der Waals surface area contributed by atoms with Crippen LogP contribution in [0.3, 0.4) is 0 Å². The van der Waals surface area contributed by atoms with Gasteiger partial charge in [-0.3, -0.25) is 0 Å². The van der Waals surface area contributed by atoms with E-state index in [1.54, 1.807) is 0 Å². The van der Waals surface area contributed by atoms with Crippen molar-refractivity contribution in [2.75, 3.05) is 6.54 Å². The summed E-state index contributed by atoms with van der Waals surface area (Å²) >= 11 is 0. The Kier molecular flexibility index (Phi) is 0.945. The zero-order valence-corrected chi connectivity index (χ0v) is 5.72. The van der Waals surface area contributed by atoms with Gasteiger partial charge in [0, 0.05) is 6.04 Å². The summed E-state index contributed by atoms with van der Waals surface area (Å²) < 4.78 is 0. The summed E-state index contributed by atoms with van der Waals surface area (Å²) in [6.07, 6.45) is 2.19. The molecule has 1 aliphatic heterocycles. The van der Waals surface area contributed by atoms with Gasteiger partial charge < -0.3 is 10.4 Å². The molecule has 2 heteroatoms. The first-order valence-corrected chi connectivity index (χ1v) is 3.64. The number of rotatable bonds is 0. The van der Waals surface area contributed by atoms with E-state index in [0.717, 1.165) is 18.9 Å². The van der Waals surface area contributed by atoms with Crippen molar-refractivity contribution in [1.82, 2.24) is 5.32 Å². The number of nitrogens with one attached hydrogen (secondary N) is 1. The Morgan fingerprint density at radius 2 is 2.44 bits per heavy atom. The highest BCUT2D eigenvalue weighted by Gasteiger charge is 2.46. The van der Waals surface area contributed by atoms with Crippen LogP contribution in [-0.2, 0) is 0 Å². The number of hydrogen-bond acceptors (Lipinski definition) is 2. The molecule has 0 unspecified atom stereocenters. The summed E-state index contributed by atoms with van der Waals surface area (Å²) in [7, 11) is 0. The van der Waals surface area contributed by atoms with Crippen LogP contribution >= 0.6 is 0 Å². The van der Waals surface area contributed by atoms with Crippen molar-refractivity contribution in [1.29, 1.82) is 0 Å². The van der Waals surface area contributed by atoms with Crippen molar-refractivity contribution < 1.29 is 5.11 Å². The lowest BCUT2D eigenvalue weighted by Gasteiger charge is -2.28. The van der Waals surface area contributed by atoms with Gasteiger partial charge in [-0.15, -0.1) is 0 Å². The average molecular weight is 127 g/mol. The Balaban J connectivity index is 2.18. The predicted octanol–water partition coefficient (Wildman–Crippen LogP) is 0.119. The number of fused-ring (bicyclic) bond motifs is 2. The molecule has 1 saturated carbocycles. The van der Waals surface area contributed by atoms with Crippen molar-refractivity contribution in [2.24, 2.45) is 5.92 Å². The standard InChI is InChI=1S/C7H13NO/c1-7(9)3-5-2-6(7)8-4-5/h5-6,8-9H,2-4H2,1H3/t5-,6+,7-/m1/s1. The van der Waals surface area contributed by atoms with Gasteiger partial charge in [0.25, 0.3) is 0 Å². The third-order valence-electron chi connectivity index (χ3n) is 2.67. The first-order chi connectivity index (χ1) is 4.18. The Labute approximate surface area is 55.3 Å². The zero-order chi connectivity index (χ0) is 6.48. The van der Waals surface area contributed by atoms with E-state index in [4.69, 9.17) is 0 Å². The van der Waals surface area contributed by atoms with Crippen molar-refractivity contribution in [3.63, 3.8) is 0 Å². The smallest absolute Gasteiger partial charge is 0.0775 e. The minimum atomic E-state index is -0.400. The number of piperidine rings is 1. The number of hydrogen-bond donors (Lipinski definition) is 2. The molecule has 0 aromatic heterocycles. The third kappa shape index (κ3) is 0.700. The van der Waals surface area contributed by atoms with Gasteiger partial charge in [-0.1, -0.05) is 0 Å². The molecule has 2 N–H and O–H groups in total. The second kappa shape index (κ2) is 1.50. The van der Waals surface area contributed by atoms with Crippen LogP contribution in [0.4, 0.5) is 0 Å². The van der Waals surface area contributed by atoms with Gasteiger partial charge >= 0.3 is 0 Å². The van der Waals surface area contributed by atoms with Gasteiger partial charge in [0.15, 0.2) is 0 Å². The molecule has 0 amide bonds. The maximum Gasteiger partial charge on any atom is 0.0775 e. The van der Waals surface area contributed by atoms with Crippen LogP contribution in [0.15, 0.2) is 0 Å². The molecule has 2 aliphatic rings.